The lowest BCUT2D eigenvalue weighted by Gasteiger charge is -2.27. The van der Waals surface area contributed by atoms with E-state index in [0.29, 0.717) is 5.76 Å². The van der Waals surface area contributed by atoms with E-state index in [1.165, 1.54) is 6.08 Å². The average molecular weight is 249 g/mol. The van der Waals surface area contributed by atoms with E-state index in [2.05, 4.69) is 5.32 Å². The fourth-order valence-corrected chi connectivity index (χ4v) is 2.21. The summed E-state index contributed by atoms with van der Waals surface area (Å²) in [6.07, 6.45) is 6.38. The van der Waals surface area contributed by atoms with Gasteiger partial charge in [-0.25, -0.2) is 0 Å². The number of aliphatic hydroxyl groups excluding tert-OH is 1. The standard InChI is InChI=1S/C14H19NO3/c1-10-6-7-11(18-10)8-9-14(17)15-12-4-2-3-5-13(12)16/h6-9,12-13,16H,2-5H2,1H3,(H,15,17)/b9-8+/t12-,13-/m0/s1. The number of nitrogens with one attached hydrogen (secondary N) is 1. The molecule has 0 unspecified atom stereocenters. The number of aryl methyl sites for hydroxylation is 1. The van der Waals surface area contributed by atoms with Gasteiger partial charge < -0.3 is 14.8 Å². The Balaban J connectivity index is 1.86. The number of carbonyl (C=O) groups excluding carboxylic acids is 1. The van der Waals surface area contributed by atoms with Crippen LogP contribution in [0.25, 0.3) is 6.08 Å². The molecule has 0 aromatic carbocycles. The predicted octanol–water partition coefficient (Wildman–Crippen LogP) is 2.02. The molecule has 0 aliphatic heterocycles. The molecule has 98 valence electrons. The van der Waals surface area contributed by atoms with Crippen LogP contribution in [-0.2, 0) is 4.79 Å². The van der Waals surface area contributed by atoms with Gasteiger partial charge >= 0.3 is 0 Å². The topological polar surface area (TPSA) is 62.5 Å². The van der Waals surface area contributed by atoms with Crippen molar-refractivity contribution in [3.63, 3.8) is 0 Å². The zero-order valence-corrected chi connectivity index (χ0v) is 10.6. The van der Waals surface area contributed by atoms with Crippen LogP contribution in [0.1, 0.15) is 37.2 Å². The molecule has 1 amide bonds. The minimum Gasteiger partial charge on any atom is -0.462 e. The third-order valence-corrected chi connectivity index (χ3v) is 3.22. The van der Waals surface area contributed by atoms with Crippen LogP contribution in [0, 0.1) is 6.92 Å². The van der Waals surface area contributed by atoms with Crippen LogP contribution in [-0.4, -0.2) is 23.2 Å². The number of furan rings is 1. The zero-order chi connectivity index (χ0) is 13.0. The lowest BCUT2D eigenvalue weighted by Crippen LogP contribution is -2.44. The van der Waals surface area contributed by atoms with Crippen LogP contribution in [0.2, 0.25) is 0 Å². The maximum absolute atomic E-state index is 11.7. The Bertz CT molecular complexity index is 436. The number of hydrogen-bond acceptors (Lipinski definition) is 3. The Morgan fingerprint density at radius 2 is 2.22 bits per heavy atom. The molecule has 4 nitrogen and oxygen atoms in total. The van der Waals surface area contributed by atoms with Crippen molar-refractivity contribution < 1.29 is 14.3 Å². The number of aliphatic hydroxyl groups is 1. The second-order valence-electron chi connectivity index (χ2n) is 4.75. The third kappa shape index (κ3) is 3.47. The molecular weight excluding hydrogens is 230 g/mol. The molecule has 0 bridgehead atoms. The summed E-state index contributed by atoms with van der Waals surface area (Å²) in [6, 6.07) is 3.55. The Hall–Kier alpha value is -1.55. The summed E-state index contributed by atoms with van der Waals surface area (Å²) >= 11 is 0. The summed E-state index contributed by atoms with van der Waals surface area (Å²) < 4.78 is 5.33. The molecule has 1 aliphatic carbocycles. The van der Waals surface area contributed by atoms with Crippen molar-refractivity contribution in [1.82, 2.24) is 5.32 Å². The van der Waals surface area contributed by atoms with Gasteiger partial charge in [0, 0.05) is 6.08 Å². The van der Waals surface area contributed by atoms with Crippen molar-refractivity contribution in [2.24, 2.45) is 0 Å². The summed E-state index contributed by atoms with van der Waals surface area (Å²) in [4.78, 5) is 11.7. The molecule has 0 saturated heterocycles. The Kier molecular flexibility index (Phi) is 4.20. The highest BCUT2D eigenvalue weighted by molar-refractivity contribution is 5.91. The van der Waals surface area contributed by atoms with Crippen LogP contribution in [0.4, 0.5) is 0 Å². The van der Waals surface area contributed by atoms with E-state index in [0.717, 1.165) is 31.4 Å². The number of hydrogen-bond donors (Lipinski definition) is 2. The van der Waals surface area contributed by atoms with Gasteiger partial charge in [0.25, 0.3) is 0 Å². The number of amides is 1. The predicted molar refractivity (Wildman–Crippen MR) is 68.9 cm³/mol. The highest BCUT2D eigenvalue weighted by Gasteiger charge is 2.23. The first-order valence-electron chi connectivity index (χ1n) is 6.38. The third-order valence-electron chi connectivity index (χ3n) is 3.22. The van der Waals surface area contributed by atoms with Crippen LogP contribution in [0.15, 0.2) is 22.6 Å². The normalized spacial score (nSPS) is 24.3. The highest BCUT2D eigenvalue weighted by Crippen LogP contribution is 2.18. The molecule has 1 aromatic heterocycles. The van der Waals surface area contributed by atoms with Gasteiger partial charge in [0.15, 0.2) is 0 Å². The SMILES string of the molecule is Cc1ccc(/C=C/C(=O)N[C@H]2CCCC[C@@H]2O)o1. The molecule has 0 spiro atoms. The first-order chi connectivity index (χ1) is 8.65. The van der Waals surface area contributed by atoms with Crippen molar-refractivity contribution in [3.05, 3.63) is 29.7 Å². The molecule has 1 aromatic rings. The quantitative estimate of drug-likeness (QED) is 0.806. The molecule has 1 heterocycles. The van der Waals surface area contributed by atoms with Crippen molar-refractivity contribution in [3.8, 4) is 0 Å². The van der Waals surface area contributed by atoms with E-state index in [4.69, 9.17) is 4.42 Å². The lowest BCUT2D eigenvalue weighted by atomic mass is 9.92. The summed E-state index contributed by atoms with van der Waals surface area (Å²) in [5.74, 6) is 1.29. The van der Waals surface area contributed by atoms with Gasteiger partial charge in [0.1, 0.15) is 11.5 Å². The first kappa shape index (κ1) is 12.9. The fraction of sp³-hybridized carbons (Fsp3) is 0.500. The van der Waals surface area contributed by atoms with Crippen LogP contribution >= 0.6 is 0 Å². The molecule has 18 heavy (non-hydrogen) atoms. The highest BCUT2D eigenvalue weighted by atomic mass is 16.3. The molecule has 1 fully saturated rings. The van der Waals surface area contributed by atoms with Crippen LogP contribution < -0.4 is 5.32 Å². The van der Waals surface area contributed by atoms with E-state index in [1.807, 2.05) is 19.1 Å². The minimum absolute atomic E-state index is 0.116. The van der Waals surface area contributed by atoms with Gasteiger partial charge in [-0.05, 0) is 38.0 Å². The molecule has 2 atom stereocenters. The maximum atomic E-state index is 11.7. The van der Waals surface area contributed by atoms with E-state index in [1.54, 1.807) is 6.08 Å². The molecule has 2 rings (SSSR count). The van der Waals surface area contributed by atoms with Crippen LogP contribution in [0.3, 0.4) is 0 Å². The maximum Gasteiger partial charge on any atom is 0.244 e. The Morgan fingerprint density at radius 1 is 1.44 bits per heavy atom. The smallest absolute Gasteiger partial charge is 0.244 e. The van der Waals surface area contributed by atoms with Gasteiger partial charge in [-0.2, -0.15) is 0 Å². The second-order valence-corrected chi connectivity index (χ2v) is 4.75. The summed E-state index contributed by atoms with van der Waals surface area (Å²) in [6.45, 7) is 1.86. The van der Waals surface area contributed by atoms with Crippen LogP contribution in [0.5, 0.6) is 0 Å². The zero-order valence-electron chi connectivity index (χ0n) is 10.6. The van der Waals surface area contributed by atoms with Gasteiger partial charge in [-0.1, -0.05) is 12.8 Å². The minimum atomic E-state index is -0.415. The van der Waals surface area contributed by atoms with Crippen molar-refractivity contribution in [1.29, 1.82) is 0 Å². The summed E-state index contributed by atoms with van der Waals surface area (Å²) in [7, 11) is 0. The Labute approximate surface area is 107 Å². The molecule has 4 heteroatoms. The molecule has 1 aliphatic rings. The molecular formula is C14H19NO3. The van der Waals surface area contributed by atoms with E-state index in [-0.39, 0.29) is 11.9 Å². The van der Waals surface area contributed by atoms with E-state index >= 15 is 0 Å². The lowest BCUT2D eigenvalue weighted by molar-refractivity contribution is -0.118. The Morgan fingerprint density at radius 3 is 2.89 bits per heavy atom. The summed E-state index contributed by atoms with van der Waals surface area (Å²) in [5.41, 5.74) is 0. The van der Waals surface area contributed by atoms with Crippen molar-refractivity contribution in [2.45, 2.75) is 44.8 Å². The first-order valence-corrected chi connectivity index (χ1v) is 6.38. The second kappa shape index (κ2) is 5.87. The van der Waals surface area contributed by atoms with Gasteiger partial charge in [-0.3, -0.25) is 4.79 Å². The fourth-order valence-electron chi connectivity index (χ4n) is 2.21. The largest absolute Gasteiger partial charge is 0.462 e. The molecule has 0 radical (unpaired) electrons. The number of rotatable bonds is 3. The summed E-state index contributed by atoms with van der Waals surface area (Å²) in [5, 5.41) is 12.6. The van der Waals surface area contributed by atoms with Crippen molar-refractivity contribution in [2.75, 3.05) is 0 Å². The monoisotopic (exact) mass is 249 g/mol. The van der Waals surface area contributed by atoms with Gasteiger partial charge in [-0.15, -0.1) is 0 Å². The van der Waals surface area contributed by atoms with Gasteiger partial charge in [0.05, 0.1) is 12.1 Å². The number of carbonyl (C=O) groups is 1. The average Bonchev–Trinajstić information content (AvgIpc) is 2.76. The molecule has 1 saturated carbocycles. The molecule has 2 N–H and O–H groups in total. The van der Waals surface area contributed by atoms with Gasteiger partial charge in [0.2, 0.25) is 5.91 Å². The van der Waals surface area contributed by atoms with Crippen molar-refractivity contribution >= 4 is 12.0 Å². The van der Waals surface area contributed by atoms with E-state index < -0.39 is 6.10 Å². The van der Waals surface area contributed by atoms with E-state index in [9.17, 15) is 9.90 Å².